The number of carbonyl (C=O) groups excluding carboxylic acids is 2. The summed E-state index contributed by atoms with van der Waals surface area (Å²) < 4.78 is 70.1. The van der Waals surface area contributed by atoms with Gasteiger partial charge in [-0.3, -0.25) is 4.55 Å². The molecule has 4 bridgehead atoms. The number of esters is 2. The maximum absolute atomic E-state index is 14.0. The number of rotatable bonds is 8. The molecule has 1 N–H and O–H groups in total. The first-order valence-electron chi connectivity index (χ1n) is 12.2. The van der Waals surface area contributed by atoms with Gasteiger partial charge in [0.15, 0.2) is 0 Å². The third-order valence-corrected chi connectivity index (χ3v) is 8.71. The monoisotopic (exact) mass is 508 g/mol. The van der Waals surface area contributed by atoms with Gasteiger partial charge in [-0.25, -0.2) is 9.59 Å². The van der Waals surface area contributed by atoms with Crippen molar-refractivity contribution in [2.45, 2.75) is 73.9 Å². The van der Waals surface area contributed by atoms with Crippen LogP contribution in [0.3, 0.4) is 0 Å². The molecule has 0 amide bonds. The van der Waals surface area contributed by atoms with E-state index in [0.29, 0.717) is 37.6 Å². The average molecular weight is 508 g/mol. The Morgan fingerprint density at radius 3 is 2.06 bits per heavy atom. The Balaban J connectivity index is 1.63. The van der Waals surface area contributed by atoms with Crippen molar-refractivity contribution < 1.29 is 40.8 Å². The Bertz CT molecular complexity index is 1140. The number of carbonyl (C=O) groups is 2. The third-order valence-electron chi connectivity index (χ3n) is 7.90. The Hall–Kier alpha value is -1.88. The van der Waals surface area contributed by atoms with Gasteiger partial charge in [0.2, 0.25) is 0 Å². The molecule has 0 heterocycles. The van der Waals surface area contributed by atoms with Gasteiger partial charge in [0.25, 0.3) is 0 Å². The van der Waals surface area contributed by atoms with Crippen LogP contribution >= 0.6 is 0 Å². The van der Waals surface area contributed by atoms with Gasteiger partial charge in [-0.1, -0.05) is 36.2 Å². The summed E-state index contributed by atoms with van der Waals surface area (Å²) >= 11 is 0. The van der Waals surface area contributed by atoms with E-state index in [-0.39, 0.29) is 18.3 Å². The number of benzene rings is 1. The molecule has 4 saturated carbocycles. The fraction of sp³-hybridized carbons (Fsp3) is 0.636. The minimum atomic E-state index is -5.97. The molecular formula is C22H29B3F2O7S. The van der Waals surface area contributed by atoms with E-state index in [0.717, 1.165) is 35.8 Å². The van der Waals surface area contributed by atoms with E-state index >= 15 is 0 Å². The summed E-state index contributed by atoms with van der Waals surface area (Å²) in [4.78, 5) is 25.6. The molecule has 7 nitrogen and oxygen atoms in total. The van der Waals surface area contributed by atoms with Gasteiger partial charge in [0.1, 0.15) is 34.7 Å². The van der Waals surface area contributed by atoms with Crippen LogP contribution in [0.5, 0.6) is 0 Å². The largest absolute Gasteiger partial charge is 0.465 e. The number of hydrogen-bond acceptors (Lipinski definition) is 6. The highest BCUT2D eigenvalue weighted by molar-refractivity contribution is 7.87. The van der Waals surface area contributed by atoms with E-state index in [9.17, 15) is 26.8 Å². The van der Waals surface area contributed by atoms with Crippen molar-refractivity contribution in [3.8, 4) is 0 Å². The summed E-state index contributed by atoms with van der Waals surface area (Å²) in [7, 11) is 0.0473. The second-order valence-corrected chi connectivity index (χ2v) is 11.9. The molecule has 2 atom stereocenters. The fourth-order valence-corrected chi connectivity index (χ4v) is 7.12. The Morgan fingerprint density at radius 2 is 1.57 bits per heavy atom. The highest BCUT2D eigenvalue weighted by Crippen LogP contribution is 2.60. The van der Waals surface area contributed by atoms with Crippen LogP contribution in [0.25, 0.3) is 0 Å². The van der Waals surface area contributed by atoms with Gasteiger partial charge in [-0.15, -0.1) is 0 Å². The molecular weight excluding hydrogens is 479 g/mol. The van der Waals surface area contributed by atoms with Gasteiger partial charge in [0, 0.05) is 6.42 Å². The molecule has 1 aromatic carbocycles. The number of hydrogen-bond donors (Lipinski definition) is 1. The van der Waals surface area contributed by atoms with Crippen molar-refractivity contribution in [2.75, 3.05) is 0 Å². The number of halogens is 2. The Labute approximate surface area is 206 Å². The molecule has 1 aromatic rings. The van der Waals surface area contributed by atoms with Crippen molar-refractivity contribution in [2.24, 2.45) is 11.8 Å². The lowest BCUT2D eigenvalue weighted by atomic mass is 9.52. The average Bonchev–Trinajstić information content (AvgIpc) is 2.75. The number of ether oxygens (including phenoxy) is 2. The summed E-state index contributed by atoms with van der Waals surface area (Å²) in [5.74, 6) is -2.77. The number of alkyl halides is 2. The molecule has 0 spiro atoms. The van der Waals surface area contributed by atoms with Crippen LogP contribution in [0.1, 0.15) is 65.6 Å². The van der Waals surface area contributed by atoms with E-state index in [2.05, 4.69) is 6.07 Å². The lowest BCUT2D eigenvalue weighted by Gasteiger charge is -2.60. The summed E-state index contributed by atoms with van der Waals surface area (Å²) in [6.45, 7) is 0. The zero-order valence-electron chi connectivity index (χ0n) is 20.2. The zero-order valence-corrected chi connectivity index (χ0v) is 21.1. The highest BCUT2D eigenvalue weighted by atomic mass is 32.2. The van der Waals surface area contributed by atoms with Crippen LogP contribution in [0.2, 0.25) is 0 Å². The predicted molar refractivity (Wildman–Crippen MR) is 131 cm³/mol. The van der Waals surface area contributed by atoms with Crippen LogP contribution in [0, 0.1) is 11.8 Å². The zero-order chi connectivity index (χ0) is 25.8. The van der Waals surface area contributed by atoms with Crippen molar-refractivity contribution in [1.29, 1.82) is 0 Å². The standard InChI is InChI=1S/C22H29B3F2O7S/c23-8-12-2-15(9-24)17(10-25)16(3-12)18(28)33-20-4-13-1-14(5-20)7-21(6-13,11-20)34-19(29)22(26,27)35(30,31)32/h2-3,13-14H,1,4-11,23-25H2,(H,30,31,32). The minimum absolute atomic E-state index is 0.00460. The van der Waals surface area contributed by atoms with Crippen molar-refractivity contribution in [1.82, 2.24) is 0 Å². The first kappa shape index (κ1) is 26.2. The molecule has 4 aliphatic carbocycles. The quantitative estimate of drug-likeness (QED) is 0.307. The van der Waals surface area contributed by atoms with Crippen molar-refractivity contribution >= 4 is 45.6 Å². The highest BCUT2D eigenvalue weighted by Gasteiger charge is 2.64. The SMILES string of the molecule is BCc1cc(CB)c(CB)c(C(=O)OC23CC4CC(C2)CC(OC(=O)C(F)(F)S(=O)(=O)O)(C4)C3)c1. The molecule has 0 aromatic heterocycles. The Kier molecular flexibility index (Phi) is 6.66. The molecule has 4 aliphatic rings. The van der Waals surface area contributed by atoms with Crippen LogP contribution in [-0.4, -0.2) is 64.9 Å². The third kappa shape index (κ3) is 4.66. The Morgan fingerprint density at radius 1 is 1.00 bits per heavy atom. The van der Waals surface area contributed by atoms with Gasteiger partial charge in [-0.2, -0.15) is 17.2 Å². The van der Waals surface area contributed by atoms with E-state index in [1.165, 1.54) is 0 Å². The fourth-order valence-electron chi connectivity index (χ4n) is 6.87. The molecule has 35 heavy (non-hydrogen) atoms. The van der Waals surface area contributed by atoms with Gasteiger partial charge < -0.3 is 9.47 Å². The van der Waals surface area contributed by atoms with E-state index < -0.39 is 38.5 Å². The smallest absolute Gasteiger partial charge is 0.455 e. The molecule has 188 valence electrons. The van der Waals surface area contributed by atoms with Gasteiger partial charge >= 0.3 is 27.3 Å². The normalized spacial score (nSPS) is 29.7. The van der Waals surface area contributed by atoms with E-state index in [1.54, 1.807) is 0 Å². The van der Waals surface area contributed by atoms with E-state index in [4.69, 9.17) is 14.0 Å². The molecule has 5 rings (SSSR count). The molecule has 13 heteroatoms. The molecule has 0 radical (unpaired) electrons. The molecule has 4 fully saturated rings. The van der Waals surface area contributed by atoms with Crippen LogP contribution in [0.15, 0.2) is 12.1 Å². The summed E-state index contributed by atoms with van der Waals surface area (Å²) in [5.41, 5.74) is 1.20. The summed E-state index contributed by atoms with van der Waals surface area (Å²) in [5, 5.41) is -5.06. The lowest BCUT2D eigenvalue weighted by Crippen LogP contribution is -2.62. The van der Waals surface area contributed by atoms with Crippen molar-refractivity contribution in [3.63, 3.8) is 0 Å². The lowest BCUT2D eigenvalue weighted by molar-refractivity contribution is -0.228. The first-order valence-corrected chi connectivity index (χ1v) is 13.7. The summed E-state index contributed by atoms with van der Waals surface area (Å²) in [6.07, 6.45) is 4.69. The predicted octanol–water partition coefficient (Wildman–Crippen LogP) is 0.358. The summed E-state index contributed by atoms with van der Waals surface area (Å²) in [6, 6.07) is 3.95. The topological polar surface area (TPSA) is 107 Å². The van der Waals surface area contributed by atoms with E-state index in [1.807, 2.05) is 29.6 Å². The second-order valence-electron chi connectivity index (χ2n) is 10.4. The van der Waals surface area contributed by atoms with Crippen LogP contribution in [-0.2, 0) is 43.3 Å². The van der Waals surface area contributed by atoms with Gasteiger partial charge in [-0.05, 0) is 55.6 Å². The van der Waals surface area contributed by atoms with Crippen LogP contribution in [0.4, 0.5) is 8.78 Å². The molecule has 0 aliphatic heterocycles. The van der Waals surface area contributed by atoms with Crippen LogP contribution < -0.4 is 0 Å². The molecule has 2 unspecified atom stereocenters. The maximum Gasteiger partial charge on any atom is 0.465 e. The van der Waals surface area contributed by atoms with Crippen molar-refractivity contribution in [3.05, 3.63) is 34.4 Å². The van der Waals surface area contributed by atoms with Gasteiger partial charge in [0.05, 0.1) is 5.56 Å². The minimum Gasteiger partial charge on any atom is -0.455 e. The first-order chi connectivity index (χ1) is 16.3. The molecule has 0 saturated heterocycles. The maximum atomic E-state index is 14.0. The second kappa shape index (κ2) is 8.90.